The molecule has 1 atom stereocenters. The highest BCUT2D eigenvalue weighted by molar-refractivity contribution is 7.19. The fourth-order valence-corrected chi connectivity index (χ4v) is 3.77. The summed E-state index contributed by atoms with van der Waals surface area (Å²) < 4.78 is 1.41. The minimum atomic E-state index is 0.463. The molecule has 104 valence electrons. The first kappa shape index (κ1) is 14.5. The molecule has 1 nitrogen and oxygen atoms in total. The first-order valence-corrected chi connectivity index (χ1v) is 8.12. The second-order valence-corrected chi connectivity index (χ2v) is 6.88. The summed E-state index contributed by atoms with van der Waals surface area (Å²) in [7, 11) is 0. The molecule has 2 aromatic rings. The quantitative estimate of drug-likeness (QED) is 0.706. The van der Waals surface area contributed by atoms with Gasteiger partial charge >= 0.3 is 0 Å². The van der Waals surface area contributed by atoms with E-state index in [4.69, 9.17) is 0 Å². The molecular weight excluding hydrogens is 250 g/mol. The Labute approximate surface area is 121 Å². The van der Waals surface area contributed by atoms with Gasteiger partial charge < -0.3 is 5.32 Å². The van der Waals surface area contributed by atoms with Crippen LogP contribution in [0, 0.1) is 12.8 Å². The zero-order valence-corrected chi connectivity index (χ0v) is 13.3. The fourth-order valence-electron chi connectivity index (χ4n) is 2.53. The summed E-state index contributed by atoms with van der Waals surface area (Å²) in [5, 5.41) is 5.08. The van der Waals surface area contributed by atoms with Crippen molar-refractivity contribution in [3.63, 3.8) is 0 Å². The van der Waals surface area contributed by atoms with Crippen molar-refractivity contribution >= 4 is 21.4 Å². The standard InChI is InChI=1S/C17H25NS/c1-12(2)8-7-11-18-14(4)17-13(3)15-9-5-6-10-16(15)19-17/h5-6,9-10,12,14,18H,7-8,11H2,1-4H3. The number of rotatable bonds is 6. The van der Waals surface area contributed by atoms with Crippen molar-refractivity contribution in [3.05, 3.63) is 34.7 Å². The molecule has 0 aliphatic carbocycles. The summed E-state index contributed by atoms with van der Waals surface area (Å²) in [6.07, 6.45) is 2.58. The molecule has 0 amide bonds. The Kier molecular flexibility index (Phi) is 5.00. The van der Waals surface area contributed by atoms with Crippen molar-refractivity contribution in [2.45, 2.75) is 46.6 Å². The monoisotopic (exact) mass is 275 g/mol. The molecule has 0 saturated heterocycles. The van der Waals surface area contributed by atoms with E-state index in [1.165, 1.54) is 33.4 Å². The zero-order chi connectivity index (χ0) is 13.8. The van der Waals surface area contributed by atoms with Crippen LogP contribution in [0.25, 0.3) is 10.1 Å². The van der Waals surface area contributed by atoms with E-state index in [0.717, 1.165) is 12.5 Å². The lowest BCUT2D eigenvalue weighted by atomic mass is 10.1. The molecular formula is C17H25NS. The SMILES string of the molecule is Cc1c(C(C)NCCCC(C)C)sc2ccccc12. The molecule has 0 aliphatic heterocycles. The van der Waals surface area contributed by atoms with Crippen molar-refractivity contribution in [2.75, 3.05) is 6.54 Å². The van der Waals surface area contributed by atoms with Gasteiger partial charge in [-0.2, -0.15) is 0 Å². The predicted molar refractivity (Wildman–Crippen MR) is 87.1 cm³/mol. The van der Waals surface area contributed by atoms with Crippen molar-refractivity contribution in [3.8, 4) is 0 Å². The molecule has 1 aromatic carbocycles. The van der Waals surface area contributed by atoms with Crippen LogP contribution in [-0.2, 0) is 0 Å². The number of fused-ring (bicyclic) bond motifs is 1. The fraction of sp³-hybridized carbons (Fsp3) is 0.529. The van der Waals surface area contributed by atoms with Gasteiger partial charge in [-0.05, 0) is 56.2 Å². The summed E-state index contributed by atoms with van der Waals surface area (Å²) in [4.78, 5) is 1.49. The Bertz CT molecular complexity index is 527. The first-order valence-electron chi connectivity index (χ1n) is 7.31. The van der Waals surface area contributed by atoms with Gasteiger partial charge in [0.2, 0.25) is 0 Å². The summed E-state index contributed by atoms with van der Waals surface area (Å²) in [5.74, 6) is 0.808. The molecule has 1 heterocycles. The molecule has 2 rings (SSSR count). The van der Waals surface area contributed by atoms with Gasteiger partial charge in [0.25, 0.3) is 0 Å². The summed E-state index contributed by atoms with van der Waals surface area (Å²) in [6, 6.07) is 9.18. The Balaban J connectivity index is 2.01. The van der Waals surface area contributed by atoms with Crippen LogP contribution in [0.15, 0.2) is 24.3 Å². The maximum absolute atomic E-state index is 3.67. The normalized spacial score (nSPS) is 13.3. The minimum absolute atomic E-state index is 0.463. The third-order valence-electron chi connectivity index (χ3n) is 3.68. The molecule has 0 saturated carbocycles. The van der Waals surface area contributed by atoms with Crippen LogP contribution in [0.3, 0.4) is 0 Å². The molecule has 0 spiro atoms. The Morgan fingerprint density at radius 3 is 2.58 bits per heavy atom. The van der Waals surface area contributed by atoms with Crippen molar-refractivity contribution in [2.24, 2.45) is 5.92 Å². The van der Waals surface area contributed by atoms with E-state index in [-0.39, 0.29) is 0 Å². The third-order valence-corrected chi connectivity index (χ3v) is 5.14. The van der Waals surface area contributed by atoms with Crippen molar-refractivity contribution in [1.82, 2.24) is 5.32 Å². The Morgan fingerprint density at radius 2 is 1.89 bits per heavy atom. The average molecular weight is 275 g/mol. The number of nitrogens with one attached hydrogen (secondary N) is 1. The number of thiophene rings is 1. The Hall–Kier alpha value is -0.860. The van der Waals surface area contributed by atoms with E-state index in [1.54, 1.807) is 0 Å². The third kappa shape index (κ3) is 3.58. The van der Waals surface area contributed by atoms with Gasteiger partial charge in [0.05, 0.1) is 0 Å². The minimum Gasteiger partial charge on any atom is -0.309 e. The van der Waals surface area contributed by atoms with E-state index < -0.39 is 0 Å². The van der Waals surface area contributed by atoms with Crippen LogP contribution in [0.4, 0.5) is 0 Å². The molecule has 0 fully saturated rings. The van der Waals surface area contributed by atoms with E-state index in [9.17, 15) is 0 Å². The van der Waals surface area contributed by atoms with Crippen molar-refractivity contribution in [1.29, 1.82) is 0 Å². The van der Waals surface area contributed by atoms with E-state index in [0.29, 0.717) is 6.04 Å². The van der Waals surface area contributed by atoms with Gasteiger partial charge in [-0.15, -0.1) is 11.3 Å². The highest BCUT2D eigenvalue weighted by Gasteiger charge is 2.13. The lowest BCUT2D eigenvalue weighted by Gasteiger charge is -2.14. The van der Waals surface area contributed by atoms with Gasteiger partial charge in [-0.25, -0.2) is 0 Å². The number of hydrogen-bond acceptors (Lipinski definition) is 2. The van der Waals surface area contributed by atoms with E-state index in [2.05, 4.69) is 57.3 Å². The highest BCUT2D eigenvalue weighted by Crippen LogP contribution is 2.34. The second kappa shape index (κ2) is 6.53. The van der Waals surface area contributed by atoms with Gasteiger partial charge in [0, 0.05) is 15.6 Å². The topological polar surface area (TPSA) is 12.0 Å². The zero-order valence-electron chi connectivity index (χ0n) is 12.5. The smallest absolute Gasteiger partial charge is 0.0389 e. The number of hydrogen-bond donors (Lipinski definition) is 1. The molecule has 0 radical (unpaired) electrons. The molecule has 1 aromatic heterocycles. The largest absolute Gasteiger partial charge is 0.309 e. The van der Waals surface area contributed by atoms with Crippen LogP contribution in [0.2, 0.25) is 0 Å². The van der Waals surface area contributed by atoms with Crippen LogP contribution in [0.5, 0.6) is 0 Å². The summed E-state index contributed by atoms with van der Waals surface area (Å²) in [6.45, 7) is 10.2. The maximum Gasteiger partial charge on any atom is 0.0389 e. The molecule has 0 aliphatic rings. The average Bonchev–Trinajstić information content (AvgIpc) is 2.72. The van der Waals surface area contributed by atoms with Gasteiger partial charge in [0.1, 0.15) is 0 Å². The van der Waals surface area contributed by atoms with E-state index in [1.807, 2.05) is 11.3 Å². The van der Waals surface area contributed by atoms with Crippen molar-refractivity contribution < 1.29 is 0 Å². The van der Waals surface area contributed by atoms with Crippen LogP contribution >= 0.6 is 11.3 Å². The first-order chi connectivity index (χ1) is 9.09. The molecule has 1 N–H and O–H groups in total. The number of benzene rings is 1. The lowest BCUT2D eigenvalue weighted by Crippen LogP contribution is -2.19. The predicted octanol–water partition coefficient (Wildman–Crippen LogP) is 5.30. The second-order valence-electron chi connectivity index (χ2n) is 5.80. The van der Waals surface area contributed by atoms with Crippen LogP contribution in [-0.4, -0.2) is 6.54 Å². The van der Waals surface area contributed by atoms with Gasteiger partial charge in [-0.3, -0.25) is 0 Å². The molecule has 1 unspecified atom stereocenters. The highest BCUT2D eigenvalue weighted by atomic mass is 32.1. The molecule has 0 bridgehead atoms. The van der Waals surface area contributed by atoms with Crippen LogP contribution < -0.4 is 5.32 Å². The number of aryl methyl sites for hydroxylation is 1. The molecule has 2 heteroatoms. The summed E-state index contributed by atoms with van der Waals surface area (Å²) in [5.41, 5.74) is 1.45. The lowest BCUT2D eigenvalue weighted by molar-refractivity contribution is 0.500. The van der Waals surface area contributed by atoms with Crippen LogP contribution in [0.1, 0.15) is 50.1 Å². The van der Waals surface area contributed by atoms with E-state index >= 15 is 0 Å². The van der Waals surface area contributed by atoms with Gasteiger partial charge in [-0.1, -0.05) is 32.0 Å². The Morgan fingerprint density at radius 1 is 1.16 bits per heavy atom. The summed E-state index contributed by atoms with van der Waals surface area (Å²) >= 11 is 1.93. The molecule has 19 heavy (non-hydrogen) atoms. The van der Waals surface area contributed by atoms with Gasteiger partial charge in [0.15, 0.2) is 0 Å². The maximum atomic E-state index is 3.67.